The molecule has 212 valence electrons. The number of carbonyl (C=O) groups excluding carboxylic acids is 3. The van der Waals surface area contributed by atoms with E-state index in [0.717, 1.165) is 17.5 Å². The van der Waals surface area contributed by atoms with Gasteiger partial charge in [-0.1, -0.05) is 110 Å². The van der Waals surface area contributed by atoms with Crippen molar-refractivity contribution in [3.8, 4) is 0 Å². The molecule has 1 fully saturated rings. The van der Waals surface area contributed by atoms with Crippen LogP contribution in [0.15, 0.2) is 103 Å². The maximum Gasteiger partial charge on any atom is 0.323 e. The lowest BCUT2D eigenvalue weighted by Gasteiger charge is -2.39. The molecule has 0 aliphatic carbocycles. The zero-order valence-corrected chi connectivity index (χ0v) is 24.3. The monoisotopic (exact) mass is 577 g/mol. The van der Waals surface area contributed by atoms with E-state index in [1.165, 1.54) is 0 Å². The minimum Gasteiger partial charge on any atom is -0.323 e. The number of rotatable bonds is 6. The first-order valence-corrected chi connectivity index (χ1v) is 14.7. The van der Waals surface area contributed by atoms with Crippen LogP contribution >= 0.6 is 11.6 Å². The van der Waals surface area contributed by atoms with Crippen molar-refractivity contribution in [2.75, 3.05) is 10.6 Å². The summed E-state index contributed by atoms with van der Waals surface area (Å²) in [5, 5.41) is 6.58. The van der Waals surface area contributed by atoms with Gasteiger partial charge in [-0.2, -0.15) is 0 Å². The van der Waals surface area contributed by atoms with E-state index >= 15 is 0 Å². The highest BCUT2D eigenvalue weighted by molar-refractivity contribution is 6.31. The van der Waals surface area contributed by atoms with Gasteiger partial charge >= 0.3 is 6.03 Å². The number of ketones is 1. The SMILES string of the molecule is CCCC1C(c2ccccc2)C(C(=O)c2ccccc2)C2(C(=O)Nc3ccccc32)N1C(=O)Nc1ccc(C)c(Cl)c1. The number of Topliss-reactive ketones (excluding diaryl/α,β-unsaturated/α-hetero) is 1. The molecule has 6 rings (SSSR count). The van der Waals surface area contributed by atoms with Crippen LogP contribution in [0.1, 0.15) is 52.7 Å². The van der Waals surface area contributed by atoms with Gasteiger partial charge in [0, 0.05) is 39.5 Å². The van der Waals surface area contributed by atoms with Gasteiger partial charge in [0.25, 0.3) is 5.91 Å². The van der Waals surface area contributed by atoms with E-state index in [-0.39, 0.29) is 11.7 Å². The quantitative estimate of drug-likeness (QED) is 0.230. The number of para-hydroxylation sites is 1. The Labute approximate surface area is 250 Å². The van der Waals surface area contributed by atoms with Crippen molar-refractivity contribution >= 4 is 40.7 Å². The topological polar surface area (TPSA) is 78.5 Å². The Morgan fingerprint density at radius 1 is 0.929 bits per heavy atom. The second-order valence-corrected chi connectivity index (χ2v) is 11.4. The van der Waals surface area contributed by atoms with Crippen LogP contribution in [-0.2, 0) is 10.3 Å². The highest BCUT2D eigenvalue weighted by Gasteiger charge is 2.69. The number of aryl methyl sites for hydroxylation is 1. The number of benzene rings is 4. The average molecular weight is 578 g/mol. The lowest BCUT2D eigenvalue weighted by molar-refractivity contribution is -0.126. The predicted molar refractivity (Wildman–Crippen MR) is 166 cm³/mol. The van der Waals surface area contributed by atoms with Crippen LogP contribution in [0.2, 0.25) is 5.02 Å². The predicted octanol–water partition coefficient (Wildman–Crippen LogP) is 7.80. The van der Waals surface area contributed by atoms with Crippen molar-refractivity contribution < 1.29 is 14.4 Å². The number of halogens is 1. The number of hydrogen-bond donors (Lipinski definition) is 2. The van der Waals surface area contributed by atoms with Gasteiger partial charge in [-0.15, -0.1) is 0 Å². The zero-order chi connectivity index (χ0) is 29.4. The third kappa shape index (κ3) is 4.38. The number of nitrogens with zero attached hydrogens (tertiary/aromatic N) is 1. The van der Waals surface area contributed by atoms with Crippen LogP contribution in [0, 0.1) is 12.8 Å². The molecular weight excluding hydrogens is 546 g/mol. The molecule has 2 aliphatic heterocycles. The third-order valence-corrected chi connectivity index (χ3v) is 9.03. The summed E-state index contributed by atoms with van der Waals surface area (Å²) in [5.74, 6) is -1.88. The summed E-state index contributed by atoms with van der Waals surface area (Å²) in [4.78, 5) is 45.5. The molecule has 4 unspecified atom stereocenters. The number of carbonyl (C=O) groups is 3. The number of fused-ring (bicyclic) bond motifs is 2. The lowest BCUT2D eigenvalue weighted by atomic mass is 9.69. The number of nitrogens with one attached hydrogen (secondary N) is 2. The van der Waals surface area contributed by atoms with Gasteiger partial charge in [-0.25, -0.2) is 4.79 Å². The molecule has 42 heavy (non-hydrogen) atoms. The first-order valence-electron chi connectivity index (χ1n) is 14.3. The summed E-state index contributed by atoms with van der Waals surface area (Å²) >= 11 is 6.41. The van der Waals surface area contributed by atoms with Gasteiger partial charge in [0.15, 0.2) is 11.3 Å². The maximum absolute atomic E-state index is 14.7. The van der Waals surface area contributed by atoms with Crippen LogP contribution in [-0.4, -0.2) is 28.7 Å². The maximum atomic E-state index is 14.7. The van der Waals surface area contributed by atoms with E-state index in [9.17, 15) is 14.4 Å². The molecule has 0 aromatic heterocycles. The van der Waals surface area contributed by atoms with Crippen LogP contribution in [0.4, 0.5) is 16.2 Å². The van der Waals surface area contributed by atoms with E-state index < -0.39 is 29.4 Å². The molecule has 1 spiro atoms. The van der Waals surface area contributed by atoms with Crippen molar-refractivity contribution in [2.45, 2.75) is 44.2 Å². The smallest absolute Gasteiger partial charge is 0.323 e. The van der Waals surface area contributed by atoms with E-state index in [1.54, 1.807) is 29.2 Å². The van der Waals surface area contributed by atoms with Crippen LogP contribution in [0.25, 0.3) is 0 Å². The molecule has 4 atom stereocenters. The normalized spacial score (nSPS) is 22.6. The summed E-state index contributed by atoms with van der Waals surface area (Å²) in [7, 11) is 0. The molecule has 4 aromatic carbocycles. The number of urea groups is 1. The van der Waals surface area contributed by atoms with Crippen molar-refractivity contribution in [1.82, 2.24) is 4.90 Å². The van der Waals surface area contributed by atoms with Gasteiger partial charge in [-0.05, 0) is 42.7 Å². The highest BCUT2D eigenvalue weighted by atomic mass is 35.5. The fourth-order valence-corrected chi connectivity index (χ4v) is 7.04. The van der Waals surface area contributed by atoms with Gasteiger partial charge in [-0.3, -0.25) is 9.59 Å². The molecule has 1 saturated heterocycles. The Kier molecular flexibility index (Phi) is 7.33. The summed E-state index contributed by atoms with van der Waals surface area (Å²) in [6.07, 6.45) is 1.34. The standard InChI is InChI=1S/C35H32ClN3O3/c1-3-12-29-30(23-13-6-4-7-14-23)31(32(40)24-15-8-5-9-16-24)35(26-17-10-11-18-28(26)38-33(35)41)39(29)34(42)37-25-20-19-22(2)27(36)21-25/h4-11,13-21,29-31H,3,12H2,1-2H3,(H,37,42)(H,38,41). The molecule has 0 bridgehead atoms. The minimum absolute atomic E-state index is 0.175. The average Bonchev–Trinajstić information content (AvgIpc) is 3.47. The summed E-state index contributed by atoms with van der Waals surface area (Å²) in [5.41, 5.74) is 2.47. The van der Waals surface area contributed by atoms with E-state index in [4.69, 9.17) is 11.6 Å². The third-order valence-electron chi connectivity index (χ3n) is 8.62. The van der Waals surface area contributed by atoms with Gasteiger partial charge in [0.2, 0.25) is 0 Å². The minimum atomic E-state index is -1.58. The van der Waals surface area contributed by atoms with Crippen molar-refractivity contribution in [2.24, 2.45) is 5.92 Å². The first-order chi connectivity index (χ1) is 20.4. The molecule has 2 N–H and O–H groups in total. The van der Waals surface area contributed by atoms with Gasteiger partial charge < -0.3 is 15.5 Å². The lowest BCUT2D eigenvalue weighted by Crippen LogP contribution is -2.57. The zero-order valence-electron chi connectivity index (χ0n) is 23.5. The molecule has 4 aromatic rings. The molecule has 2 heterocycles. The summed E-state index contributed by atoms with van der Waals surface area (Å²) < 4.78 is 0. The molecule has 0 radical (unpaired) electrons. The molecule has 6 nitrogen and oxygen atoms in total. The van der Waals surface area contributed by atoms with Crippen LogP contribution in [0.5, 0.6) is 0 Å². The fourth-order valence-electron chi connectivity index (χ4n) is 6.86. The Morgan fingerprint density at radius 2 is 1.60 bits per heavy atom. The van der Waals surface area contributed by atoms with E-state index in [1.807, 2.05) is 85.8 Å². The Balaban J connectivity index is 1.62. The molecule has 2 aliphatic rings. The largest absolute Gasteiger partial charge is 0.323 e. The number of hydrogen-bond acceptors (Lipinski definition) is 3. The van der Waals surface area contributed by atoms with Gasteiger partial charge in [0.05, 0.1) is 5.92 Å². The van der Waals surface area contributed by atoms with Crippen molar-refractivity contribution in [3.05, 3.63) is 130 Å². The molecule has 3 amide bonds. The second-order valence-electron chi connectivity index (χ2n) is 11.0. The van der Waals surface area contributed by atoms with E-state index in [0.29, 0.717) is 33.9 Å². The summed E-state index contributed by atoms with van der Waals surface area (Å²) in [6, 6.07) is 30.7. The van der Waals surface area contributed by atoms with E-state index in [2.05, 4.69) is 17.6 Å². The molecular formula is C35H32ClN3O3. The van der Waals surface area contributed by atoms with Crippen LogP contribution < -0.4 is 10.6 Å². The highest BCUT2D eigenvalue weighted by Crippen LogP contribution is 2.59. The van der Waals surface area contributed by atoms with Crippen molar-refractivity contribution in [1.29, 1.82) is 0 Å². The van der Waals surface area contributed by atoms with Crippen molar-refractivity contribution in [3.63, 3.8) is 0 Å². The summed E-state index contributed by atoms with van der Waals surface area (Å²) in [6.45, 7) is 3.95. The number of likely N-dealkylation sites (tertiary alicyclic amines) is 1. The number of anilines is 2. The Hall–Kier alpha value is -4.42. The number of amides is 3. The Morgan fingerprint density at radius 3 is 2.29 bits per heavy atom. The van der Waals surface area contributed by atoms with Crippen LogP contribution in [0.3, 0.4) is 0 Å². The Bertz CT molecular complexity index is 1660. The van der Waals surface area contributed by atoms with Gasteiger partial charge in [0.1, 0.15) is 0 Å². The molecule has 7 heteroatoms. The molecule has 0 saturated carbocycles. The fraction of sp³-hybridized carbons (Fsp3) is 0.229. The second kappa shape index (κ2) is 11.1. The first kappa shape index (κ1) is 27.7.